The van der Waals surface area contributed by atoms with E-state index in [4.69, 9.17) is 4.74 Å². The maximum Gasteiger partial charge on any atom is 0.416 e. The van der Waals surface area contributed by atoms with E-state index in [1.54, 1.807) is 6.20 Å². The lowest BCUT2D eigenvalue weighted by molar-refractivity contribution is -0.137. The largest absolute Gasteiger partial charge is 0.490 e. The van der Waals surface area contributed by atoms with E-state index in [0.717, 1.165) is 12.1 Å². The zero-order valence-corrected chi connectivity index (χ0v) is 10.1. The van der Waals surface area contributed by atoms with Crippen LogP contribution in [0.4, 0.5) is 13.2 Å². The molecule has 0 saturated carbocycles. The lowest BCUT2D eigenvalue weighted by Gasteiger charge is -2.25. The highest BCUT2D eigenvalue weighted by Crippen LogP contribution is 2.36. The number of halogens is 3. The summed E-state index contributed by atoms with van der Waals surface area (Å²) in [5.74, 6) is -0.227. The maximum absolute atomic E-state index is 12.7. The summed E-state index contributed by atoms with van der Waals surface area (Å²) < 4.78 is 44.9. The molecule has 4 nitrogen and oxygen atoms in total. The molecular formula is C13H9F3N2O2. The minimum Gasteiger partial charge on any atom is -0.490 e. The molecule has 0 amide bonds. The van der Waals surface area contributed by atoms with Crippen LogP contribution in [0.3, 0.4) is 0 Å². The molecule has 7 heteroatoms. The summed E-state index contributed by atoms with van der Waals surface area (Å²) in [5.41, 5.74) is -0.913. The van der Waals surface area contributed by atoms with Gasteiger partial charge < -0.3 is 9.30 Å². The summed E-state index contributed by atoms with van der Waals surface area (Å²) in [5, 5.41) is 0. The fourth-order valence-corrected chi connectivity index (χ4v) is 2.12. The van der Waals surface area contributed by atoms with Gasteiger partial charge in [-0.25, -0.2) is 4.98 Å². The van der Waals surface area contributed by atoms with E-state index < -0.39 is 23.6 Å². The van der Waals surface area contributed by atoms with Gasteiger partial charge in [0.15, 0.2) is 5.78 Å². The summed E-state index contributed by atoms with van der Waals surface area (Å²) in [4.78, 5) is 16.1. The summed E-state index contributed by atoms with van der Waals surface area (Å²) in [7, 11) is 0. The zero-order valence-electron chi connectivity index (χ0n) is 10.1. The quantitative estimate of drug-likeness (QED) is 0.807. The average Bonchev–Trinajstić information content (AvgIpc) is 2.91. The van der Waals surface area contributed by atoms with Crippen LogP contribution >= 0.6 is 0 Å². The molecule has 1 aromatic heterocycles. The van der Waals surface area contributed by atoms with Crippen LogP contribution in [0.15, 0.2) is 36.9 Å². The van der Waals surface area contributed by atoms with Crippen LogP contribution in [0.2, 0.25) is 0 Å². The second kappa shape index (κ2) is 4.36. The fraction of sp³-hybridized carbons (Fsp3) is 0.231. The SMILES string of the molecule is O=C1c2cc(C(F)(F)F)ccc2OCC1n1ccnc1. The third-order valence-electron chi connectivity index (χ3n) is 3.16. The number of imidazole rings is 1. The van der Waals surface area contributed by atoms with Crippen molar-refractivity contribution in [3.8, 4) is 5.75 Å². The Labute approximate surface area is 111 Å². The van der Waals surface area contributed by atoms with Crippen LogP contribution < -0.4 is 4.74 Å². The van der Waals surface area contributed by atoms with E-state index in [0.29, 0.717) is 0 Å². The Morgan fingerprint density at radius 3 is 2.80 bits per heavy atom. The van der Waals surface area contributed by atoms with Crippen LogP contribution in [0, 0.1) is 0 Å². The predicted molar refractivity (Wildman–Crippen MR) is 62.5 cm³/mol. The van der Waals surface area contributed by atoms with E-state index in [1.807, 2.05) is 0 Å². The van der Waals surface area contributed by atoms with Crippen LogP contribution in [0.25, 0.3) is 0 Å². The van der Waals surface area contributed by atoms with Gasteiger partial charge in [0.25, 0.3) is 0 Å². The van der Waals surface area contributed by atoms with Crippen LogP contribution in [0.1, 0.15) is 22.0 Å². The second-order valence-corrected chi connectivity index (χ2v) is 4.41. The number of nitrogens with zero attached hydrogens (tertiary/aromatic N) is 2. The number of carbonyl (C=O) groups excluding carboxylic acids is 1. The minimum absolute atomic E-state index is 0.0511. The minimum atomic E-state index is -4.49. The number of rotatable bonds is 1. The van der Waals surface area contributed by atoms with Gasteiger partial charge in [-0.2, -0.15) is 13.2 Å². The first-order chi connectivity index (χ1) is 9.47. The van der Waals surface area contributed by atoms with Gasteiger partial charge in [0.1, 0.15) is 18.4 Å². The van der Waals surface area contributed by atoms with Gasteiger partial charge in [-0.1, -0.05) is 0 Å². The molecule has 1 atom stereocenters. The topological polar surface area (TPSA) is 44.1 Å². The molecule has 0 radical (unpaired) electrons. The number of Topliss-reactive ketones (excluding diaryl/α,β-unsaturated/α-hetero) is 1. The highest BCUT2D eigenvalue weighted by atomic mass is 19.4. The normalized spacial score (nSPS) is 18.6. The van der Waals surface area contributed by atoms with Gasteiger partial charge in [0, 0.05) is 12.4 Å². The van der Waals surface area contributed by atoms with E-state index in [-0.39, 0.29) is 17.9 Å². The summed E-state index contributed by atoms with van der Waals surface area (Å²) >= 11 is 0. The molecule has 2 heterocycles. The number of aromatic nitrogens is 2. The van der Waals surface area contributed by atoms with E-state index in [9.17, 15) is 18.0 Å². The number of carbonyl (C=O) groups is 1. The zero-order chi connectivity index (χ0) is 14.3. The molecule has 20 heavy (non-hydrogen) atoms. The second-order valence-electron chi connectivity index (χ2n) is 4.41. The molecule has 0 aliphatic carbocycles. The summed E-state index contributed by atoms with van der Waals surface area (Å²) in [6, 6.07) is 2.23. The third-order valence-corrected chi connectivity index (χ3v) is 3.16. The Bertz CT molecular complexity index is 650. The molecule has 0 N–H and O–H groups in total. The first kappa shape index (κ1) is 12.7. The van der Waals surface area contributed by atoms with Crippen LogP contribution in [-0.2, 0) is 6.18 Å². The molecule has 1 aliphatic heterocycles. The lowest BCUT2D eigenvalue weighted by Crippen LogP contribution is -2.30. The summed E-state index contributed by atoms with van der Waals surface area (Å²) in [6.07, 6.45) is 0.0151. The lowest BCUT2D eigenvalue weighted by atomic mass is 9.98. The van der Waals surface area contributed by atoms with Crippen molar-refractivity contribution in [3.63, 3.8) is 0 Å². The van der Waals surface area contributed by atoms with Gasteiger partial charge in [-0.05, 0) is 18.2 Å². The predicted octanol–water partition coefficient (Wildman–Crippen LogP) is 2.72. The monoisotopic (exact) mass is 282 g/mol. The van der Waals surface area contributed by atoms with Gasteiger partial charge in [0.2, 0.25) is 0 Å². The molecular weight excluding hydrogens is 273 g/mol. The Morgan fingerprint density at radius 2 is 2.15 bits per heavy atom. The van der Waals surface area contributed by atoms with Crippen molar-refractivity contribution < 1.29 is 22.7 Å². The maximum atomic E-state index is 12.7. The number of benzene rings is 1. The van der Waals surface area contributed by atoms with Gasteiger partial charge in [0.05, 0.1) is 17.5 Å². The molecule has 2 aromatic rings. The van der Waals surface area contributed by atoms with E-state index in [1.165, 1.54) is 23.2 Å². The van der Waals surface area contributed by atoms with Crippen molar-refractivity contribution in [1.29, 1.82) is 0 Å². The van der Waals surface area contributed by atoms with Gasteiger partial charge in [-0.15, -0.1) is 0 Å². The highest BCUT2D eigenvalue weighted by Gasteiger charge is 2.35. The van der Waals surface area contributed by atoms with Gasteiger partial charge in [-0.3, -0.25) is 4.79 Å². The Hall–Kier alpha value is -2.31. The van der Waals surface area contributed by atoms with Crippen LogP contribution in [-0.4, -0.2) is 21.9 Å². The molecule has 0 saturated heterocycles. The first-order valence-corrected chi connectivity index (χ1v) is 5.82. The third kappa shape index (κ3) is 2.04. The Kier molecular flexibility index (Phi) is 2.77. The standard InChI is InChI=1S/C13H9F3N2O2/c14-13(15,16)8-1-2-11-9(5-8)12(19)10(6-20-11)18-4-3-17-7-18/h1-5,7,10H,6H2. The van der Waals surface area contributed by atoms with Crippen molar-refractivity contribution in [1.82, 2.24) is 9.55 Å². The first-order valence-electron chi connectivity index (χ1n) is 5.82. The van der Waals surface area contributed by atoms with Crippen molar-refractivity contribution >= 4 is 5.78 Å². The molecule has 1 aliphatic rings. The van der Waals surface area contributed by atoms with Crippen molar-refractivity contribution in [2.45, 2.75) is 12.2 Å². The Morgan fingerprint density at radius 1 is 1.35 bits per heavy atom. The smallest absolute Gasteiger partial charge is 0.416 e. The molecule has 3 rings (SSSR count). The Balaban J connectivity index is 2.02. The summed E-state index contributed by atoms with van der Waals surface area (Å²) in [6.45, 7) is 0.0769. The number of hydrogen-bond acceptors (Lipinski definition) is 3. The highest BCUT2D eigenvalue weighted by molar-refractivity contribution is 6.02. The number of hydrogen-bond donors (Lipinski definition) is 0. The van der Waals surface area contributed by atoms with Crippen molar-refractivity contribution in [3.05, 3.63) is 48.0 Å². The number of ether oxygens (including phenoxy) is 1. The molecule has 1 unspecified atom stereocenters. The molecule has 104 valence electrons. The molecule has 1 aromatic carbocycles. The number of alkyl halides is 3. The van der Waals surface area contributed by atoms with Gasteiger partial charge >= 0.3 is 6.18 Å². The molecule has 0 bridgehead atoms. The van der Waals surface area contributed by atoms with Crippen LogP contribution in [0.5, 0.6) is 5.75 Å². The van der Waals surface area contributed by atoms with E-state index >= 15 is 0 Å². The average molecular weight is 282 g/mol. The molecule has 0 fully saturated rings. The van der Waals surface area contributed by atoms with Crippen molar-refractivity contribution in [2.75, 3.05) is 6.61 Å². The number of fused-ring (bicyclic) bond motifs is 1. The number of ketones is 1. The van der Waals surface area contributed by atoms with E-state index in [2.05, 4.69) is 4.98 Å². The fourth-order valence-electron chi connectivity index (χ4n) is 2.12. The molecule has 0 spiro atoms. The van der Waals surface area contributed by atoms with Crippen molar-refractivity contribution in [2.24, 2.45) is 0 Å².